The second kappa shape index (κ2) is 5.54. The lowest BCUT2D eigenvalue weighted by Crippen LogP contribution is -2.40. The number of aryl methyl sites for hydroxylation is 1. The molecule has 0 saturated carbocycles. The topological polar surface area (TPSA) is 55.1 Å². The molecule has 2 atom stereocenters. The Morgan fingerprint density at radius 2 is 2.06 bits per heavy atom. The van der Waals surface area contributed by atoms with E-state index in [1.54, 1.807) is 0 Å². The highest BCUT2D eigenvalue weighted by Crippen LogP contribution is 2.18. The molecule has 1 rings (SSSR count). The molecule has 3 nitrogen and oxygen atoms in total. The van der Waals surface area contributed by atoms with E-state index in [1.165, 1.54) is 0 Å². The van der Waals surface area contributed by atoms with Gasteiger partial charge in [0.15, 0.2) is 0 Å². The number of carbonyl (C=O) groups is 1. The molecule has 0 saturated heterocycles. The van der Waals surface area contributed by atoms with E-state index in [9.17, 15) is 4.79 Å². The van der Waals surface area contributed by atoms with Crippen LogP contribution in [0.4, 0.5) is 5.69 Å². The van der Waals surface area contributed by atoms with Crippen LogP contribution in [0.15, 0.2) is 24.3 Å². The maximum atomic E-state index is 11.4. The van der Waals surface area contributed by atoms with E-state index < -0.39 is 0 Å². The van der Waals surface area contributed by atoms with Crippen LogP contribution in [0.3, 0.4) is 0 Å². The molecule has 0 aromatic heterocycles. The Bertz CT molecular complexity index is 363. The fourth-order valence-corrected chi connectivity index (χ4v) is 1.63. The molecular formula is C13H20N2O. The minimum Gasteiger partial charge on any atom is -0.373 e. The number of amides is 1. The van der Waals surface area contributed by atoms with Crippen molar-refractivity contribution in [1.82, 2.24) is 0 Å². The molecule has 0 spiro atoms. The normalized spacial score (nSPS) is 14.2. The minimum absolute atomic E-state index is 0.233. The van der Waals surface area contributed by atoms with Gasteiger partial charge in [0, 0.05) is 5.69 Å². The largest absolute Gasteiger partial charge is 0.373 e. The van der Waals surface area contributed by atoms with Crippen molar-refractivity contribution in [1.29, 1.82) is 0 Å². The quantitative estimate of drug-likeness (QED) is 0.800. The lowest BCUT2D eigenvalue weighted by atomic mass is 9.98. The van der Waals surface area contributed by atoms with Crippen molar-refractivity contribution in [2.24, 2.45) is 11.7 Å². The third-order valence-electron chi connectivity index (χ3n) is 2.98. The van der Waals surface area contributed by atoms with Crippen LogP contribution >= 0.6 is 0 Å². The van der Waals surface area contributed by atoms with E-state index in [4.69, 9.17) is 5.73 Å². The molecule has 1 amide bonds. The first-order valence-electron chi connectivity index (χ1n) is 5.67. The van der Waals surface area contributed by atoms with Crippen molar-refractivity contribution < 1.29 is 4.79 Å². The van der Waals surface area contributed by atoms with Crippen molar-refractivity contribution in [3.8, 4) is 0 Å². The number of benzene rings is 1. The van der Waals surface area contributed by atoms with Gasteiger partial charge in [-0.05, 0) is 24.5 Å². The van der Waals surface area contributed by atoms with Gasteiger partial charge in [-0.1, -0.05) is 38.5 Å². The summed E-state index contributed by atoms with van der Waals surface area (Å²) in [5.41, 5.74) is 7.51. The monoisotopic (exact) mass is 220 g/mol. The Kier molecular flexibility index (Phi) is 4.35. The fraction of sp³-hybridized carbons (Fsp3) is 0.462. The number of carbonyl (C=O) groups excluding carboxylic acids is 1. The maximum absolute atomic E-state index is 11.4. The molecule has 16 heavy (non-hydrogen) atoms. The first kappa shape index (κ1) is 12.6. The zero-order chi connectivity index (χ0) is 12.1. The minimum atomic E-state index is -0.300. The Hall–Kier alpha value is -1.51. The molecule has 88 valence electrons. The number of anilines is 1. The van der Waals surface area contributed by atoms with Gasteiger partial charge in [-0.3, -0.25) is 4.79 Å². The predicted molar refractivity (Wildman–Crippen MR) is 67.2 cm³/mol. The van der Waals surface area contributed by atoms with Crippen LogP contribution in [-0.4, -0.2) is 11.9 Å². The number of para-hydroxylation sites is 1. The third kappa shape index (κ3) is 2.99. The fourth-order valence-electron chi connectivity index (χ4n) is 1.63. The molecule has 0 aliphatic rings. The smallest absolute Gasteiger partial charge is 0.240 e. The summed E-state index contributed by atoms with van der Waals surface area (Å²) in [5, 5.41) is 3.22. The van der Waals surface area contributed by atoms with Crippen LogP contribution in [0.2, 0.25) is 0 Å². The number of nitrogens with two attached hydrogens (primary N) is 1. The molecular weight excluding hydrogens is 200 g/mol. The van der Waals surface area contributed by atoms with Crippen LogP contribution in [0, 0.1) is 12.8 Å². The lowest BCUT2D eigenvalue weighted by Gasteiger charge is -2.23. The van der Waals surface area contributed by atoms with Gasteiger partial charge in [0.1, 0.15) is 6.04 Å². The molecule has 2 unspecified atom stereocenters. The van der Waals surface area contributed by atoms with Gasteiger partial charge >= 0.3 is 0 Å². The lowest BCUT2D eigenvalue weighted by molar-refractivity contribution is -0.119. The Balaban J connectivity index is 2.84. The highest BCUT2D eigenvalue weighted by atomic mass is 16.1. The summed E-state index contributed by atoms with van der Waals surface area (Å²) in [6, 6.07) is 7.60. The molecule has 0 heterocycles. The van der Waals surface area contributed by atoms with Crippen molar-refractivity contribution in [3.05, 3.63) is 29.8 Å². The summed E-state index contributed by atoms with van der Waals surface area (Å²) in [5.74, 6) is -0.0605. The molecule has 3 N–H and O–H groups in total. The molecule has 1 aromatic carbocycles. The average Bonchev–Trinajstić information content (AvgIpc) is 2.26. The van der Waals surface area contributed by atoms with Crippen molar-refractivity contribution in [2.75, 3.05) is 5.32 Å². The second-order valence-corrected chi connectivity index (χ2v) is 4.22. The maximum Gasteiger partial charge on any atom is 0.240 e. The van der Waals surface area contributed by atoms with Gasteiger partial charge in [-0.15, -0.1) is 0 Å². The van der Waals surface area contributed by atoms with Crippen molar-refractivity contribution >= 4 is 11.6 Å². The molecule has 0 aliphatic carbocycles. The average molecular weight is 220 g/mol. The summed E-state index contributed by atoms with van der Waals surface area (Å²) in [6.07, 6.45) is 0.923. The summed E-state index contributed by atoms with van der Waals surface area (Å²) < 4.78 is 0. The summed E-state index contributed by atoms with van der Waals surface area (Å²) in [4.78, 5) is 11.4. The summed E-state index contributed by atoms with van der Waals surface area (Å²) >= 11 is 0. The van der Waals surface area contributed by atoms with Gasteiger partial charge in [-0.25, -0.2) is 0 Å². The van der Waals surface area contributed by atoms with Gasteiger partial charge in [-0.2, -0.15) is 0 Å². The Morgan fingerprint density at radius 3 is 2.56 bits per heavy atom. The number of primary amides is 1. The van der Waals surface area contributed by atoms with E-state index in [1.807, 2.05) is 38.1 Å². The van der Waals surface area contributed by atoms with Gasteiger partial charge in [0.05, 0.1) is 0 Å². The first-order chi connectivity index (χ1) is 7.56. The highest BCUT2D eigenvalue weighted by Gasteiger charge is 2.21. The van der Waals surface area contributed by atoms with E-state index >= 15 is 0 Å². The molecule has 0 radical (unpaired) electrons. The van der Waals surface area contributed by atoms with Crippen LogP contribution in [0.5, 0.6) is 0 Å². The third-order valence-corrected chi connectivity index (χ3v) is 2.98. The van der Waals surface area contributed by atoms with E-state index in [-0.39, 0.29) is 17.9 Å². The molecule has 1 aromatic rings. The Labute approximate surface area is 97.0 Å². The van der Waals surface area contributed by atoms with Crippen LogP contribution in [0.1, 0.15) is 25.8 Å². The summed E-state index contributed by atoms with van der Waals surface area (Å²) in [7, 11) is 0. The molecule has 0 fully saturated rings. The van der Waals surface area contributed by atoms with E-state index in [2.05, 4.69) is 12.2 Å². The van der Waals surface area contributed by atoms with Crippen molar-refractivity contribution in [2.45, 2.75) is 33.2 Å². The Morgan fingerprint density at radius 1 is 1.44 bits per heavy atom. The number of hydrogen-bond donors (Lipinski definition) is 2. The van der Waals surface area contributed by atoms with Gasteiger partial charge in [0.2, 0.25) is 5.91 Å². The first-order valence-corrected chi connectivity index (χ1v) is 5.67. The number of rotatable bonds is 5. The van der Waals surface area contributed by atoms with Crippen molar-refractivity contribution in [3.63, 3.8) is 0 Å². The standard InChI is InChI=1S/C13H20N2O/c1-4-9(2)12(13(14)16)15-11-8-6-5-7-10(11)3/h5-9,12,15H,4H2,1-3H3,(H2,14,16). The molecule has 3 heteroatoms. The van der Waals surface area contributed by atoms with Crippen LogP contribution in [-0.2, 0) is 4.79 Å². The second-order valence-electron chi connectivity index (χ2n) is 4.22. The zero-order valence-electron chi connectivity index (χ0n) is 10.2. The molecule has 0 aliphatic heterocycles. The van der Waals surface area contributed by atoms with E-state index in [0.29, 0.717) is 0 Å². The number of hydrogen-bond acceptors (Lipinski definition) is 2. The SMILES string of the molecule is CCC(C)C(Nc1ccccc1C)C(N)=O. The number of nitrogens with one attached hydrogen (secondary N) is 1. The predicted octanol–water partition coefficient (Wildman–Crippen LogP) is 2.31. The van der Waals surface area contributed by atoms with Gasteiger partial charge in [0.25, 0.3) is 0 Å². The van der Waals surface area contributed by atoms with E-state index in [0.717, 1.165) is 17.7 Å². The van der Waals surface area contributed by atoms with Crippen LogP contribution < -0.4 is 11.1 Å². The molecule has 0 bridgehead atoms. The highest BCUT2D eigenvalue weighted by molar-refractivity contribution is 5.83. The summed E-state index contributed by atoms with van der Waals surface area (Å²) in [6.45, 7) is 6.10. The van der Waals surface area contributed by atoms with Gasteiger partial charge < -0.3 is 11.1 Å². The van der Waals surface area contributed by atoms with Crippen LogP contribution in [0.25, 0.3) is 0 Å². The zero-order valence-corrected chi connectivity index (χ0v) is 10.2.